The predicted molar refractivity (Wildman–Crippen MR) is 259 cm³/mol. The van der Waals surface area contributed by atoms with Crippen molar-refractivity contribution in [2.24, 2.45) is 0 Å². The first-order chi connectivity index (χ1) is 31.7. The molecule has 46 heteroatoms. The molecule has 0 unspecified atom stereocenters. The minimum atomic E-state index is -2.17. The van der Waals surface area contributed by atoms with Gasteiger partial charge in [0.15, 0.2) is 0 Å². The second-order valence-corrected chi connectivity index (χ2v) is 11.6. The summed E-state index contributed by atoms with van der Waals surface area (Å²) in [6.07, 6.45) is 16.2. The third-order valence-corrected chi connectivity index (χ3v) is 4.97. The van der Waals surface area contributed by atoms with Crippen LogP contribution >= 0.6 is 0 Å². The van der Waals surface area contributed by atoms with Gasteiger partial charge in [-0.3, -0.25) is 0 Å². The van der Waals surface area contributed by atoms with Gasteiger partial charge in [0.2, 0.25) is 0 Å². The van der Waals surface area contributed by atoms with E-state index in [1.54, 1.807) is 0 Å². The van der Waals surface area contributed by atoms with Gasteiger partial charge in [-0.1, -0.05) is 80.1 Å². The van der Waals surface area contributed by atoms with E-state index in [0.717, 1.165) is 0 Å². The molecular formula is C24H87B11N2O33. The quantitative estimate of drug-likeness (QED) is 0.0567. The highest BCUT2D eigenvalue weighted by atomic mass is 16.6. The van der Waals surface area contributed by atoms with Crippen LogP contribution in [0, 0.1) is 0 Å². The zero-order valence-electron chi connectivity index (χ0n) is 40.7. The molecule has 33 N–H and O–H groups in total. The van der Waals surface area contributed by atoms with E-state index in [-0.39, 0.29) is 0 Å². The molecular weight excluding hydrogens is 963 g/mol. The van der Waals surface area contributed by atoms with Crippen LogP contribution in [0.3, 0.4) is 0 Å². The third-order valence-electron chi connectivity index (χ3n) is 4.97. The highest BCUT2D eigenvalue weighted by Gasteiger charge is 2.03. The SMILES string of the molecule is CCCCN(CCCC)CCCC.CCCCN(CCCC)CCCC.OB(O)O.OB(O)O.OB(O)O.OB(O)O.OB(O)O.OB(O)O.OB(O)O.OB(O)O.OB(O)O.OB(O)O.OB(O)O. The van der Waals surface area contributed by atoms with Gasteiger partial charge < -0.3 is 176 Å². The Hall–Kier alpha value is -0.686. The van der Waals surface area contributed by atoms with Gasteiger partial charge in [0.1, 0.15) is 0 Å². The van der Waals surface area contributed by atoms with E-state index >= 15 is 0 Å². The van der Waals surface area contributed by atoms with Gasteiger partial charge in [-0.05, 0) is 77.8 Å². The second-order valence-electron chi connectivity index (χ2n) is 11.6. The Kier molecular flexibility index (Phi) is 142. The summed E-state index contributed by atoms with van der Waals surface area (Å²) in [5, 5.41) is 236. The Morgan fingerprint density at radius 2 is 0.229 bits per heavy atom. The molecule has 35 nitrogen and oxygen atoms in total. The third kappa shape index (κ3) is 545. The molecule has 0 spiro atoms. The largest absolute Gasteiger partial charge is 0.631 e. The van der Waals surface area contributed by atoms with E-state index < -0.39 is 80.5 Å². The smallest absolute Gasteiger partial charge is 0.402 e. The molecule has 0 aliphatic heterocycles. The number of unbranched alkanes of at least 4 members (excludes halogenated alkanes) is 6. The molecule has 0 aliphatic carbocycles. The van der Waals surface area contributed by atoms with E-state index in [9.17, 15) is 0 Å². The van der Waals surface area contributed by atoms with Crippen LogP contribution < -0.4 is 0 Å². The molecule has 0 radical (unpaired) electrons. The molecule has 0 aliphatic rings. The minimum absolute atomic E-state index is 1.32. The number of hydrogen-bond acceptors (Lipinski definition) is 35. The Balaban J connectivity index is -0.0000000477. The number of nitrogens with zero attached hydrogens (tertiary/aromatic N) is 2. The second kappa shape index (κ2) is 97.6. The molecule has 0 saturated heterocycles. The monoisotopic (exact) mass is 1050 g/mol. The van der Waals surface area contributed by atoms with Crippen molar-refractivity contribution in [2.75, 3.05) is 39.3 Å². The highest BCUT2D eigenvalue weighted by molar-refractivity contribution is 6.32. The van der Waals surface area contributed by atoms with E-state index in [0.29, 0.717) is 0 Å². The van der Waals surface area contributed by atoms with Crippen molar-refractivity contribution in [3.63, 3.8) is 0 Å². The summed E-state index contributed by atoms with van der Waals surface area (Å²) in [6, 6.07) is 0. The number of hydrogen-bond donors (Lipinski definition) is 33. The Morgan fingerprint density at radius 3 is 0.271 bits per heavy atom. The summed E-state index contributed by atoms with van der Waals surface area (Å²) < 4.78 is 0. The Labute approximate surface area is 413 Å². The topological polar surface area (TPSA) is 674 Å². The van der Waals surface area contributed by atoms with E-state index in [1.165, 1.54) is 116 Å². The number of rotatable bonds is 18. The van der Waals surface area contributed by atoms with Crippen LogP contribution in [0.1, 0.15) is 119 Å². The molecule has 0 bridgehead atoms. The molecule has 0 atom stereocenters. The van der Waals surface area contributed by atoms with Crippen molar-refractivity contribution >= 4 is 80.5 Å². The fourth-order valence-electron chi connectivity index (χ4n) is 2.96. The van der Waals surface area contributed by atoms with E-state index in [1.807, 2.05) is 0 Å². The first-order valence-electron chi connectivity index (χ1n) is 20.7. The summed E-state index contributed by atoms with van der Waals surface area (Å²) in [4.78, 5) is 5.27. The first kappa shape index (κ1) is 102. The molecule has 70 heavy (non-hydrogen) atoms. The van der Waals surface area contributed by atoms with Gasteiger partial charge in [0, 0.05) is 0 Å². The molecule has 424 valence electrons. The van der Waals surface area contributed by atoms with E-state index in [4.69, 9.17) is 166 Å². The van der Waals surface area contributed by atoms with Crippen LogP contribution in [0.4, 0.5) is 0 Å². The Bertz CT molecular complexity index is 549. The van der Waals surface area contributed by atoms with E-state index in [2.05, 4.69) is 51.3 Å². The fourth-order valence-corrected chi connectivity index (χ4v) is 2.96. The minimum Gasteiger partial charge on any atom is -0.402 e. The van der Waals surface area contributed by atoms with Crippen LogP contribution in [0.2, 0.25) is 0 Å². The molecule has 0 aromatic heterocycles. The fraction of sp³-hybridized carbons (Fsp3) is 1.00. The van der Waals surface area contributed by atoms with Gasteiger partial charge in [0.05, 0.1) is 0 Å². The summed E-state index contributed by atoms with van der Waals surface area (Å²) in [5.74, 6) is 0. The molecule has 0 rings (SSSR count). The van der Waals surface area contributed by atoms with Gasteiger partial charge in [-0.15, -0.1) is 0 Å². The van der Waals surface area contributed by atoms with Crippen molar-refractivity contribution in [3.8, 4) is 0 Å². The maximum absolute atomic E-state index is 7.17. The molecule has 0 fully saturated rings. The van der Waals surface area contributed by atoms with Crippen LogP contribution in [0.15, 0.2) is 0 Å². The van der Waals surface area contributed by atoms with Crippen LogP contribution in [-0.2, 0) is 0 Å². The van der Waals surface area contributed by atoms with Crippen LogP contribution in [0.5, 0.6) is 0 Å². The standard InChI is InChI=1S/2C12H27N.11BH3O3/c2*1-4-7-10-13(11-8-5-2)12-9-6-3;11*2-1(3)4/h2*4-12H2,1-3H3;11*2-4H. The molecule has 0 amide bonds. The van der Waals surface area contributed by atoms with Crippen LogP contribution in [-0.4, -0.2) is 295 Å². The predicted octanol–water partition coefficient (Wildman–Crippen LogP) is -15.2. The van der Waals surface area contributed by atoms with Crippen LogP contribution in [0.25, 0.3) is 0 Å². The van der Waals surface area contributed by atoms with Crippen molar-refractivity contribution in [1.29, 1.82) is 0 Å². The zero-order chi connectivity index (χ0) is 59.2. The summed E-state index contributed by atoms with van der Waals surface area (Å²) in [5.41, 5.74) is 0. The average molecular weight is 1050 g/mol. The van der Waals surface area contributed by atoms with Crippen molar-refractivity contribution in [1.82, 2.24) is 9.80 Å². The van der Waals surface area contributed by atoms with Crippen molar-refractivity contribution in [3.05, 3.63) is 0 Å². The molecule has 0 heterocycles. The maximum atomic E-state index is 7.17. The summed E-state index contributed by atoms with van der Waals surface area (Å²) >= 11 is 0. The molecule has 0 aromatic rings. The van der Waals surface area contributed by atoms with Gasteiger partial charge >= 0.3 is 80.5 Å². The zero-order valence-corrected chi connectivity index (χ0v) is 40.7. The van der Waals surface area contributed by atoms with Gasteiger partial charge in [0.25, 0.3) is 0 Å². The summed E-state index contributed by atoms with van der Waals surface area (Å²) in [7, 11) is -23.8. The van der Waals surface area contributed by atoms with Gasteiger partial charge in [-0.25, -0.2) is 0 Å². The summed E-state index contributed by atoms with van der Waals surface area (Å²) in [6.45, 7) is 21.5. The van der Waals surface area contributed by atoms with Crippen molar-refractivity contribution < 1.29 is 166 Å². The lowest BCUT2D eigenvalue weighted by molar-refractivity contribution is 0.261. The molecule has 0 saturated carbocycles. The Morgan fingerprint density at radius 1 is 0.171 bits per heavy atom. The van der Waals surface area contributed by atoms with Gasteiger partial charge in [-0.2, -0.15) is 0 Å². The average Bonchev–Trinajstić information content (AvgIpc) is 3.12. The maximum Gasteiger partial charge on any atom is 0.631 e. The lowest BCUT2D eigenvalue weighted by Crippen LogP contribution is -2.27. The lowest BCUT2D eigenvalue weighted by atomic mass is 10.2. The van der Waals surface area contributed by atoms with Crippen molar-refractivity contribution in [2.45, 2.75) is 119 Å². The lowest BCUT2D eigenvalue weighted by Gasteiger charge is -2.21. The normalized spacial score (nSPS) is 8.36. The first-order valence-corrected chi connectivity index (χ1v) is 20.7. The molecule has 0 aromatic carbocycles. The highest BCUT2D eigenvalue weighted by Crippen LogP contribution is 2.02.